The minimum Gasteiger partial charge on any atom is -0.467 e. The fourth-order valence-electron chi connectivity index (χ4n) is 2.73. The Morgan fingerprint density at radius 3 is 2.50 bits per heavy atom. The van der Waals surface area contributed by atoms with E-state index in [1.54, 1.807) is 25.4 Å². The van der Waals surface area contributed by atoms with Crippen molar-refractivity contribution in [2.75, 3.05) is 13.6 Å². The molecule has 1 aromatic heterocycles. The highest BCUT2D eigenvalue weighted by Gasteiger charge is 2.08. The lowest BCUT2D eigenvalue weighted by Crippen LogP contribution is -2.39. The van der Waals surface area contributed by atoms with Crippen LogP contribution < -0.4 is 16.0 Å². The van der Waals surface area contributed by atoms with E-state index in [1.165, 1.54) is 0 Å². The largest absolute Gasteiger partial charge is 0.467 e. The van der Waals surface area contributed by atoms with Crippen LogP contribution in [0.25, 0.3) is 0 Å². The molecular formula is C21H31IN4O2. The van der Waals surface area contributed by atoms with Crippen LogP contribution in [0.5, 0.6) is 0 Å². The van der Waals surface area contributed by atoms with E-state index in [-0.39, 0.29) is 29.9 Å². The van der Waals surface area contributed by atoms with Gasteiger partial charge in [0.1, 0.15) is 5.76 Å². The number of rotatable bonds is 9. The Morgan fingerprint density at radius 1 is 1.07 bits per heavy atom. The molecular weight excluding hydrogens is 467 g/mol. The molecule has 2 aromatic rings. The van der Waals surface area contributed by atoms with Gasteiger partial charge in [-0.15, -0.1) is 24.0 Å². The normalized spacial score (nSPS) is 11.1. The number of guanidine groups is 1. The lowest BCUT2D eigenvalue weighted by Gasteiger charge is -2.17. The summed E-state index contributed by atoms with van der Waals surface area (Å²) in [7, 11) is 1.76. The SMILES string of the molecule is CCC(CC)CNC(=NC)NCc1cccc(C(=O)NCc2ccco2)c1.I. The molecule has 0 aliphatic heterocycles. The fraction of sp³-hybridized carbons (Fsp3) is 0.429. The van der Waals surface area contributed by atoms with Crippen LogP contribution in [0.3, 0.4) is 0 Å². The van der Waals surface area contributed by atoms with Gasteiger partial charge in [-0.3, -0.25) is 9.79 Å². The third-order valence-electron chi connectivity index (χ3n) is 4.59. The highest BCUT2D eigenvalue weighted by molar-refractivity contribution is 14.0. The first kappa shape index (κ1) is 24.0. The standard InChI is InChI=1S/C21H30N4O2.HI/c1-4-16(5-2)13-24-21(22-3)25-14-17-8-6-9-18(12-17)20(26)23-15-19-10-7-11-27-19;/h6-12,16H,4-5,13-15H2,1-3H3,(H,23,26)(H2,22,24,25);1H. The third-order valence-corrected chi connectivity index (χ3v) is 4.59. The first-order valence-corrected chi connectivity index (χ1v) is 9.50. The minimum atomic E-state index is -0.121. The molecule has 0 aliphatic carbocycles. The molecule has 0 saturated carbocycles. The van der Waals surface area contributed by atoms with Crippen LogP contribution in [-0.2, 0) is 13.1 Å². The van der Waals surface area contributed by atoms with Crippen LogP contribution in [0.2, 0.25) is 0 Å². The second-order valence-electron chi connectivity index (χ2n) is 6.45. The van der Waals surface area contributed by atoms with Gasteiger partial charge in [0.25, 0.3) is 5.91 Å². The second kappa shape index (κ2) is 13.2. The summed E-state index contributed by atoms with van der Waals surface area (Å²) in [4.78, 5) is 16.6. The zero-order chi connectivity index (χ0) is 19.5. The Hall–Kier alpha value is -2.03. The van der Waals surface area contributed by atoms with Gasteiger partial charge < -0.3 is 20.4 Å². The van der Waals surface area contributed by atoms with E-state index in [0.717, 1.165) is 36.7 Å². The van der Waals surface area contributed by atoms with Crippen LogP contribution in [0.1, 0.15) is 48.4 Å². The van der Waals surface area contributed by atoms with Crippen LogP contribution in [0, 0.1) is 5.92 Å². The average Bonchev–Trinajstić information content (AvgIpc) is 3.23. The van der Waals surface area contributed by atoms with Crippen molar-refractivity contribution < 1.29 is 9.21 Å². The molecule has 7 heteroatoms. The summed E-state index contributed by atoms with van der Waals surface area (Å²) in [6.45, 7) is 6.29. The average molecular weight is 498 g/mol. The van der Waals surface area contributed by atoms with Gasteiger partial charge >= 0.3 is 0 Å². The van der Waals surface area contributed by atoms with Crippen molar-refractivity contribution in [2.45, 2.75) is 39.8 Å². The Morgan fingerprint density at radius 2 is 1.86 bits per heavy atom. The van der Waals surface area contributed by atoms with E-state index in [1.807, 2.05) is 24.3 Å². The van der Waals surface area contributed by atoms with Gasteiger partial charge in [0, 0.05) is 25.7 Å². The molecule has 28 heavy (non-hydrogen) atoms. The minimum absolute atomic E-state index is 0. The molecule has 3 N–H and O–H groups in total. The van der Waals surface area contributed by atoms with Crippen molar-refractivity contribution in [1.29, 1.82) is 0 Å². The summed E-state index contributed by atoms with van der Waals surface area (Å²) >= 11 is 0. The molecule has 0 saturated heterocycles. The molecule has 0 fully saturated rings. The lowest BCUT2D eigenvalue weighted by molar-refractivity contribution is 0.0948. The van der Waals surface area contributed by atoms with Gasteiger partial charge in [-0.05, 0) is 35.7 Å². The summed E-state index contributed by atoms with van der Waals surface area (Å²) in [6, 6.07) is 11.2. The molecule has 0 unspecified atom stereocenters. The zero-order valence-electron chi connectivity index (χ0n) is 16.8. The van der Waals surface area contributed by atoms with E-state index in [0.29, 0.717) is 24.6 Å². The number of aliphatic imine (C=N–C) groups is 1. The molecule has 1 aromatic carbocycles. The summed E-state index contributed by atoms with van der Waals surface area (Å²) < 4.78 is 5.23. The molecule has 0 radical (unpaired) electrons. The number of hydrogen-bond donors (Lipinski definition) is 3. The maximum Gasteiger partial charge on any atom is 0.251 e. The van der Waals surface area contributed by atoms with E-state index in [2.05, 4.69) is 34.8 Å². The predicted octanol–water partition coefficient (Wildman–Crippen LogP) is 3.93. The van der Waals surface area contributed by atoms with Crippen molar-refractivity contribution in [1.82, 2.24) is 16.0 Å². The smallest absolute Gasteiger partial charge is 0.251 e. The van der Waals surface area contributed by atoms with Gasteiger partial charge in [0.05, 0.1) is 12.8 Å². The molecule has 154 valence electrons. The molecule has 1 heterocycles. The molecule has 1 amide bonds. The van der Waals surface area contributed by atoms with E-state index in [9.17, 15) is 4.79 Å². The van der Waals surface area contributed by atoms with Gasteiger partial charge in [-0.2, -0.15) is 0 Å². The Balaban J connectivity index is 0.00000392. The van der Waals surface area contributed by atoms with Gasteiger partial charge in [0.2, 0.25) is 0 Å². The number of nitrogens with one attached hydrogen (secondary N) is 3. The van der Waals surface area contributed by atoms with E-state index < -0.39 is 0 Å². The highest BCUT2D eigenvalue weighted by Crippen LogP contribution is 2.07. The monoisotopic (exact) mass is 498 g/mol. The lowest BCUT2D eigenvalue weighted by atomic mass is 10.0. The number of nitrogens with zero attached hydrogens (tertiary/aromatic N) is 1. The number of halogens is 1. The molecule has 0 spiro atoms. The third kappa shape index (κ3) is 7.92. The zero-order valence-corrected chi connectivity index (χ0v) is 19.2. The van der Waals surface area contributed by atoms with Crippen molar-refractivity contribution in [2.24, 2.45) is 10.9 Å². The molecule has 0 aliphatic rings. The van der Waals surface area contributed by atoms with Crippen LogP contribution in [0.15, 0.2) is 52.1 Å². The highest BCUT2D eigenvalue weighted by atomic mass is 127. The van der Waals surface area contributed by atoms with Crippen LogP contribution in [0.4, 0.5) is 0 Å². The number of furan rings is 1. The predicted molar refractivity (Wildman–Crippen MR) is 124 cm³/mol. The number of amides is 1. The summed E-state index contributed by atoms with van der Waals surface area (Å²) in [5.74, 6) is 2.03. The van der Waals surface area contributed by atoms with Crippen molar-refractivity contribution in [3.63, 3.8) is 0 Å². The summed E-state index contributed by atoms with van der Waals surface area (Å²) in [6.07, 6.45) is 3.89. The molecule has 0 bridgehead atoms. The van der Waals surface area contributed by atoms with Gasteiger partial charge in [0.15, 0.2) is 5.96 Å². The molecule has 0 atom stereocenters. The summed E-state index contributed by atoms with van der Waals surface area (Å²) in [5, 5.41) is 9.53. The van der Waals surface area contributed by atoms with Crippen LogP contribution in [-0.4, -0.2) is 25.5 Å². The second-order valence-corrected chi connectivity index (χ2v) is 6.45. The van der Waals surface area contributed by atoms with E-state index in [4.69, 9.17) is 4.42 Å². The van der Waals surface area contributed by atoms with Gasteiger partial charge in [-0.25, -0.2) is 0 Å². The van der Waals surface area contributed by atoms with Crippen molar-refractivity contribution in [3.05, 3.63) is 59.5 Å². The summed E-state index contributed by atoms with van der Waals surface area (Å²) in [5.41, 5.74) is 1.65. The van der Waals surface area contributed by atoms with Gasteiger partial charge in [-0.1, -0.05) is 38.8 Å². The Kier molecular flexibility index (Phi) is 11.3. The quantitative estimate of drug-likeness (QED) is 0.278. The number of benzene rings is 1. The number of hydrogen-bond acceptors (Lipinski definition) is 3. The maximum atomic E-state index is 12.3. The Bertz CT molecular complexity index is 728. The number of carbonyl (C=O) groups is 1. The molecule has 6 nitrogen and oxygen atoms in total. The first-order chi connectivity index (χ1) is 13.2. The molecule has 2 rings (SSSR count). The van der Waals surface area contributed by atoms with Crippen LogP contribution >= 0.6 is 24.0 Å². The maximum absolute atomic E-state index is 12.3. The number of carbonyl (C=O) groups excluding carboxylic acids is 1. The topological polar surface area (TPSA) is 78.7 Å². The fourth-order valence-corrected chi connectivity index (χ4v) is 2.73. The van der Waals surface area contributed by atoms with E-state index >= 15 is 0 Å². The van der Waals surface area contributed by atoms with Crippen molar-refractivity contribution in [3.8, 4) is 0 Å². The Labute approximate surface area is 184 Å². The first-order valence-electron chi connectivity index (χ1n) is 9.50. The van der Waals surface area contributed by atoms with Crippen molar-refractivity contribution >= 4 is 35.8 Å².